The quantitative estimate of drug-likeness (QED) is 0.516. The molecule has 156 valence electrons. The Kier molecular flexibility index (Phi) is 9.34. The third-order valence-corrected chi connectivity index (χ3v) is 5.88. The third-order valence-electron chi connectivity index (χ3n) is 4.28. The van der Waals surface area contributed by atoms with Crippen LogP contribution in [0.5, 0.6) is 0 Å². The first kappa shape index (κ1) is 23.6. The highest BCUT2D eigenvalue weighted by atomic mass is 35.5. The Morgan fingerprint density at radius 1 is 1.07 bits per heavy atom. The Morgan fingerprint density at radius 2 is 1.76 bits per heavy atom. The van der Waals surface area contributed by atoms with Crippen molar-refractivity contribution in [2.75, 3.05) is 5.75 Å². The van der Waals surface area contributed by atoms with Crippen molar-refractivity contribution in [2.24, 2.45) is 0 Å². The summed E-state index contributed by atoms with van der Waals surface area (Å²) < 4.78 is 0. The van der Waals surface area contributed by atoms with E-state index in [4.69, 9.17) is 23.2 Å². The molecule has 7 heteroatoms. The Balaban J connectivity index is 2.11. The van der Waals surface area contributed by atoms with E-state index in [1.807, 2.05) is 44.2 Å². The molecule has 1 atom stereocenters. The zero-order valence-electron chi connectivity index (χ0n) is 16.8. The van der Waals surface area contributed by atoms with Crippen LogP contribution in [0.3, 0.4) is 0 Å². The van der Waals surface area contributed by atoms with Gasteiger partial charge in [-0.25, -0.2) is 0 Å². The van der Waals surface area contributed by atoms with Gasteiger partial charge in [0, 0.05) is 39.7 Å². The lowest BCUT2D eigenvalue weighted by atomic mass is 10.1. The minimum Gasteiger partial charge on any atom is -0.352 e. The maximum atomic E-state index is 13.0. The van der Waals surface area contributed by atoms with E-state index in [1.165, 1.54) is 0 Å². The van der Waals surface area contributed by atoms with E-state index in [9.17, 15) is 9.59 Å². The lowest BCUT2D eigenvalue weighted by molar-refractivity contribution is -0.140. The fourth-order valence-corrected chi connectivity index (χ4v) is 4.07. The van der Waals surface area contributed by atoms with Crippen molar-refractivity contribution in [3.8, 4) is 0 Å². The normalized spacial score (nSPS) is 11.9. The molecule has 0 aromatic heterocycles. The van der Waals surface area contributed by atoms with Crippen molar-refractivity contribution in [3.05, 3.63) is 64.1 Å². The van der Waals surface area contributed by atoms with Gasteiger partial charge in [0.15, 0.2) is 0 Å². The smallest absolute Gasteiger partial charge is 0.242 e. The fraction of sp³-hybridized carbons (Fsp3) is 0.364. The van der Waals surface area contributed by atoms with E-state index >= 15 is 0 Å². The van der Waals surface area contributed by atoms with Crippen LogP contribution < -0.4 is 5.32 Å². The van der Waals surface area contributed by atoms with Crippen LogP contribution in [0.4, 0.5) is 0 Å². The molecule has 2 rings (SSSR count). The van der Waals surface area contributed by atoms with Gasteiger partial charge in [-0.1, -0.05) is 47.5 Å². The molecule has 2 aromatic carbocycles. The second-order valence-corrected chi connectivity index (χ2v) is 9.02. The summed E-state index contributed by atoms with van der Waals surface area (Å²) in [6.45, 7) is 5.77. The molecular formula is C22H26Cl2N2O2S. The molecule has 0 bridgehead atoms. The zero-order valence-corrected chi connectivity index (χ0v) is 19.2. The van der Waals surface area contributed by atoms with Crippen LogP contribution in [0, 0.1) is 0 Å². The minimum absolute atomic E-state index is 0.00495. The predicted octanol–water partition coefficient (Wildman–Crippen LogP) is 5.42. The molecule has 0 heterocycles. The number of nitrogens with zero attached hydrogens (tertiary/aromatic N) is 1. The van der Waals surface area contributed by atoms with E-state index in [1.54, 1.807) is 41.8 Å². The summed E-state index contributed by atoms with van der Waals surface area (Å²) in [5, 5.41) is 3.88. The summed E-state index contributed by atoms with van der Waals surface area (Å²) in [6, 6.07) is 14.5. The number of nitrogens with one attached hydrogen (secondary N) is 1. The van der Waals surface area contributed by atoms with Crippen LogP contribution in [-0.4, -0.2) is 34.6 Å². The van der Waals surface area contributed by atoms with Crippen molar-refractivity contribution in [1.29, 1.82) is 0 Å². The molecule has 4 nitrogen and oxygen atoms in total. The average molecular weight is 453 g/mol. The number of hydrogen-bond donors (Lipinski definition) is 1. The van der Waals surface area contributed by atoms with Gasteiger partial charge >= 0.3 is 0 Å². The largest absolute Gasteiger partial charge is 0.352 e. The lowest BCUT2D eigenvalue weighted by Gasteiger charge is -2.29. The third kappa shape index (κ3) is 7.57. The van der Waals surface area contributed by atoms with Crippen molar-refractivity contribution in [1.82, 2.24) is 10.2 Å². The van der Waals surface area contributed by atoms with Crippen molar-refractivity contribution >= 4 is 46.8 Å². The van der Waals surface area contributed by atoms with Crippen molar-refractivity contribution in [3.63, 3.8) is 0 Å². The summed E-state index contributed by atoms with van der Waals surface area (Å²) in [4.78, 5) is 28.3. The summed E-state index contributed by atoms with van der Waals surface area (Å²) in [5.74, 6) is 0.353. The Bertz CT molecular complexity index is 831. The predicted molar refractivity (Wildman–Crippen MR) is 122 cm³/mol. The molecule has 0 aliphatic heterocycles. The first-order valence-electron chi connectivity index (χ1n) is 9.49. The van der Waals surface area contributed by atoms with E-state index in [2.05, 4.69) is 5.32 Å². The highest BCUT2D eigenvalue weighted by molar-refractivity contribution is 7.99. The summed E-state index contributed by atoms with van der Waals surface area (Å²) in [6.07, 6.45) is 0.323. The molecule has 0 fully saturated rings. The van der Waals surface area contributed by atoms with Gasteiger partial charge in [0.25, 0.3) is 0 Å². The minimum atomic E-state index is -0.613. The van der Waals surface area contributed by atoms with Gasteiger partial charge < -0.3 is 10.2 Å². The van der Waals surface area contributed by atoms with Crippen LogP contribution >= 0.6 is 35.0 Å². The molecule has 0 aliphatic carbocycles. The molecule has 2 aromatic rings. The van der Waals surface area contributed by atoms with Crippen molar-refractivity contribution in [2.45, 2.75) is 50.7 Å². The monoisotopic (exact) mass is 452 g/mol. The first-order valence-corrected chi connectivity index (χ1v) is 11.2. The van der Waals surface area contributed by atoms with Gasteiger partial charge in [-0.05, 0) is 50.6 Å². The number of halogens is 2. The molecule has 0 spiro atoms. The second-order valence-electron chi connectivity index (χ2n) is 7.01. The van der Waals surface area contributed by atoms with Gasteiger partial charge in [0.05, 0.1) is 0 Å². The lowest BCUT2D eigenvalue weighted by Crippen LogP contribution is -2.49. The number of carbonyl (C=O) groups is 2. The molecule has 2 amide bonds. The van der Waals surface area contributed by atoms with Crippen LogP contribution in [0.25, 0.3) is 0 Å². The number of amides is 2. The van der Waals surface area contributed by atoms with Gasteiger partial charge in [0.1, 0.15) is 6.04 Å². The zero-order chi connectivity index (χ0) is 21.4. The van der Waals surface area contributed by atoms with Gasteiger partial charge in [-0.15, -0.1) is 11.8 Å². The maximum Gasteiger partial charge on any atom is 0.242 e. The standard InChI is InChI=1S/C22H26Cl2N2O2S/c1-15(2)25-22(28)16(3)26(14-17-9-10-18(23)13-20(17)24)21(27)11-12-29-19-7-5-4-6-8-19/h4-10,13,15-16H,11-12,14H2,1-3H3,(H,25,28). The fourth-order valence-electron chi connectivity index (χ4n) is 2.74. The second kappa shape index (κ2) is 11.5. The van der Waals surface area contributed by atoms with Crippen LogP contribution in [-0.2, 0) is 16.1 Å². The number of rotatable bonds is 9. The van der Waals surface area contributed by atoms with E-state index < -0.39 is 6.04 Å². The van der Waals surface area contributed by atoms with Gasteiger partial charge in [0.2, 0.25) is 11.8 Å². The highest BCUT2D eigenvalue weighted by Gasteiger charge is 2.26. The number of thioether (sulfide) groups is 1. The van der Waals surface area contributed by atoms with Crippen molar-refractivity contribution < 1.29 is 9.59 Å². The summed E-state index contributed by atoms with van der Waals surface area (Å²) in [5.41, 5.74) is 0.754. The average Bonchev–Trinajstić information content (AvgIpc) is 2.67. The Morgan fingerprint density at radius 3 is 2.38 bits per heavy atom. The summed E-state index contributed by atoms with van der Waals surface area (Å²) in [7, 11) is 0. The molecule has 1 N–H and O–H groups in total. The number of hydrogen-bond acceptors (Lipinski definition) is 3. The van der Waals surface area contributed by atoms with Gasteiger partial charge in [-0.2, -0.15) is 0 Å². The Labute approximate surface area is 187 Å². The van der Waals surface area contributed by atoms with Crippen LogP contribution in [0.2, 0.25) is 10.0 Å². The molecule has 0 saturated carbocycles. The Hall–Kier alpha value is -1.69. The van der Waals surface area contributed by atoms with E-state index in [0.717, 1.165) is 10.5 Å². The molecule has 0 aliphatic rings. The maximum absolute atomic E-state index is 13.0. The van der Waals surface area contributed by atoms with Gasteiger partial charge in [-0.3, -0.25) is 9.59 Å². The molecular weight excluding hydrogens is 427 g/mol. The number of benzene rings is 2. The topological polar surface area (TPSA) is 49.4 Å². The first-order chi connectivity index (χ1) is 13.8. The van der Waals surface area contributed by atoms with E-state index in [0.29, 0.717) is 22.2 Å². The van der Waals surface area contributed by atoms with Crippen LogP contribution in [0.1, 0.15) is 32.8 Å². The molecule has 0 saturated heterocycles. The van der Waals surface area contributed by atoms with E-state index in [-0.39, 0.29) is 24.4 Å². The van der Waals surface area contributed by atoms with Crippen LogP contribution in [0.15, 0.2) is 53.4 Å². The molecule has 29 heavy (non-hydrogen) atoms. The SMILES string of the molecule is CC(C)NC(=O)C(C)N(Cc1ccc(Cl)cc1Cl)C(=O)CCSc1ccccc1. The number of carbonyl (C=O) groups excluding carboxylic acids is 2. The summed E-state index contributed by atoms with van der Waals surface area (Å²) >= 11 is 13.9. The molecule has 0 radical (unpaired) electrons. The molecule has 1 unspecified atom stereocenters. The highest BCUT2D eigenvalue weighted by Crippen LogP contribution is 2.24.